The molecule has 0 radical (unpaired) electrons. The number of nitrogens with two attached hydrogens (primary N) is 1. The van der Waals surface area contributed by atoms with Gasteiger partial charge in [0.25, 0.3) is 5.91 Å². The van der Waals surface area contributed by atoms with E-state index in [1.165, 1.54) is 26.4 Å². The van der Waals surface area contributed by atoms with E-state index in [4.69, 9.17) is 29.8 Å². The minimum Gasteiger partial charge on any atom is -0.493 e. The number of benzene rings is 1. The molecule has 0 atom stereocenters. The number of primary amides is 1. The number of aliphatic hydroxyl groups excluding tert-OH is 1. The van der Waals surface area contributed by atoms with Crippen molar-refractivity contribution in [1.82, 2.24) is 0 Å². The highest BCUT2D eigenvalue weighted by atomic mass is 16.5. The van der Waals surface area contributed by atoms with Crippen molar-refractivity contribution in [2.45, 2.75) is 0 Å². The van der Waals surface area contributed by atoms with Gasteiger partial charge in [-0.05, 0) is 12.1 Å². The molecule has 0 heterocycles. The third-order valence-electron chi connectivity index (χ3n) is 2.38. The van der Waals surface area contributed by atoms with Gasteiger partial charge in [0.05, 0.1) is 26.4 Å². The van der Waals surface area contributed by atoms with Crippen molar-refractivity contribution in [3.8, 4) is 17.2 Å². The third-order valence-corrected chi connectivity index (χ3v) is 2.38. The summed E-state index contributed by atoms with van der Waals surface area (Å²) in [4.78, 5) is 22.5. The van der Waals surface area contributed by atoms with Crippen molar-refractivity contribution in [2.75, 3.05) is 34.0 Å². The summed E-state index contributed by atoms with van der Waals surface area (Å²) < 4.78 is 20.2. The predicted octanol–water partition coefficient (Wildman–Crippen LogP) is -0.283. The lowest BCUT2D eigenvalue weighted by Gasteiger charge is -2.15. The van der Waals surface area contributed by atoms with E-state index in [2.05, 4.69) is 0 Å². The van der Waals surface area contributed by atoms with Gasteiger partial charge >= 0.3 is 5.97 Å². The molecule has 0 spiro atoms. The van der Waals surface area contributed by atoms with Crippen LogP contribution in [0.2, 0.25) is 0 Å². The van der Waals surface area contributed by atoms with Crippen LogP contribution in [0, 0.1) is 0 Å². The van der Waals surface area contributed by atoms with Crippen LogP contribution in [0.25, 0.3) is 0 Å². The van der Waals surface area contributed by atoms with Crippen LogP contribution in [0.4, 0.5) is 0 Å². The Labute approximate surface area is 121 Å². The first kappa shape index (κ1) is 16.6. The Kier molecular flexibility index (Phi) is 6.28. The number of carbonyl (C=O) groups is 2. The zero-order chi connectivity index (χ0) is 15.8. The number of amides is 1. The maximum Gasteiger partial charge on any atom is 0.338 e. The Hall–Kier alpha value is -2.48. The Bertz CT molecular complexity index is 490. The Morgan fingerprint density at radius 2 is 1.76 bits per heavy atom. The second kappa shape index (κ2) is 7.95. The fourth-order valence-electron chi connectivity index (χ4n) is 1.50. The number of rotatable bonds is 8. The number of hydrogen-bond donors (Lipinski definition) is 2. The zero-order valence-electron chi connectivity index (χ0n) is 11.8. The summed E-state index contributed by atoms with van der Waals surface area (Å²) >= 11 is 0. The summed E-state index contributed by atoms with van der Waals surface area (Å²) in [7, 11) is 2.74. The number of esters is 1. The van der Waals surface area contributed by atoms with Gasteiger partial charge in [-0.3, -0.25) is 4.79 Å². The number of carbonyl (C=O) groups excluding carboxylic acids is 2. The fourth-order valence-corrected chi connectivity index (χ4v) is 1.50. The molecule has 0 aliphatic carbocycles. The van der Waals surface area contributed by atoms with Crippen LogP contribution in [0.3, 0.4) is 0 Å². The Balaban J connectivity index is 3.10. The molecule has 8 heteroatoms. The van der Waals surface area contributed by atoms with E-state index in [1.807, 2.05) is 0 Å². The fraction of sp³-hybridized carbons (Fsp3) is 0.385. The van der Waals surface area contributed by atoms with E-state index in [1.54, 1.807) is 0 Å². The predicted molar refractivity (Wildman–Crippen MR) is 71.6 cm³/mol. The molecule has 1 rings (SSSR count). The van der Waals surface area contributed by atoms with Crippen molar-refractivity contribution in [1.29, 1.82) is 0 Å². The first-order valence-corrected chi connectivity index (χ1v) is 5.98. The molecule has 1 amide bonds. The summed E-state index contributed by atoms with van der Waals surface area (Å²) in [6.07, 6.45) is 0. The average Bonchev–Trinajstić information content (AvgIpc) is 2.49. The minimum atomic E-state index is -0.662. The van der Waals surface area contributed by atoms with Crippen molar-refractivity contribution in [2.24, 2.45) is 5.73 Å². The first-order chi connectivity index (χ1) is 10.0. The van der Waals surface area contributed by atoms with Crippen LogP contribution >= 0.6 is 0 Å². The molecule has 8 nitrogen and oxygen atoms in total. The van der Waals surface area contributed by atoms with Gasteiger partial charge in [-0.25, -0.2) is 4.79 Å². The molecule has 0 aromatic heterocycles. The second-order valence-corrected chi connectivity index (χ2v) is 3.82. The third kappa shape index (κ3) is 4.53. The summed E-state index contributed by atoms with van der Waals surface area (Å²) in [6, 6.07) is 2.75. The van der Waals surface area contributed by atoms with Gasteiger partial charge in [-0.15, -0.1) is 0 Å². The molecule has 116 valence electrons. The Morgan fingerprint density at radius 1 is 1.19 bits per heavy atom. The molecule has 0 unspecified atom stereocenters. The molecule has 0 aliphatic heterocycles. The number of ether oxygens (including phenoxy) is 4. The van der Waals surface area contributed by atoms with Crippen molar-refractivity contribution >= 4 is 11.9 Å². The number of aliphatic hydroxyl groups is 1. The van der Waals surface area contributed by atoms with Gasteiger partial charge in [0.2, 0.25) is 5.75 Å². The molecule has 0 aliphatic rings. The maximum absolute atomic E-state index is 11.8. The smallest absolute Gasteiger partial charge is 0.338 e. The maximum atomic E-state index is 11.8. The molecule has 0 saturated heterocycles. The molecular formula is C13H17NO7. The summed E-state index contributed by atoms with van der Waals surface area (Å²) in [5.74, 6) is -0.789. The van der Waals surface area contributed by atoms with Gasteiger partial charge in [-0.1, -0.05) is 0 Å². The zero-order valence-corrected chi connectivity index (χ0v) is 11.8. The molecule has 1 aromatic rings. The van der Waals surface area contributed by atoms with Crippen LogP contribution in [-0.4, -0.2) is 51.0 Å². The highest BCUT2D eigenvalue weighted by Crippen LogP contribution is 2.38. The summed E-state index contributed by atoms with van der Waals surface area (Å²) in [5, 5.41) is 8.64. The van der Waals surface area contributed by atoms with Gasteiger partial charge in [0.15, 0.2) is 18.1 Å². The van der Waals surface area contributed by atoms with Gasteiger partial charge < -0.3 is 29.8 Å². The van der Waals surface area contributed by atoms with Crippen LogP contribution in [0.5, 0.6) is 17.2 Å². The number of methoxy groups -OCH3 is 2. The van der Waals surface area contributed by atoms with Crippen LogP contribution in [-0.2, 0) is 9.53 Å². The molecule has 0 fully saturated rings. The van der Waals surface area contributed by atoms with E-state index < -0.39 is 11.9 Å². The highest BCUT2D eigenvalue weighted by Gasteiger charge is 2.19. The SMILES string of the molecule is COc1cc(C(=O)OCCO)cc(OC)c1OCC(N)=O. The largest absolute Gasteiger partial charge is 0.493 e. The summed E-state index contributed by atoms with van der Waals surface area (Å²) in [5.41, 5.74) is 5.17. The minimum absolute atomic E-state index is 0.122. The molecule has 3 N–H and O–H groups in total. The lowest BCUT2D eigenvalue weighted by atomic mass is 10.2. The monoisotopic (exact) mass is 299 g/mol. The quantitative estimate of drug-likeness (QED) is 0.634. The van der Waals surface area contributed by atoms with Crippen molar-refractivity contribution in [3.05, 3.63) is 17.7 Å². The van der Waals surface area contributed by atoms with Gasteiger partial charge in [0.1, 0.15) is 6.61 Å². The Morgan fingerprint density at radius 3 is 2.19 bits per heavy atom. The number of hydrogen-bond acceptors (Lipinski definition) is 7. The van der Waals surface area contributed by atoms with Crippen molar-refractivity contribution < 1.29 is 33.6 Å². The molecule has 0 bridgehead atoms. The lowest BCUT2D eigenvalue weighted by Crippen LogP contribution is -2.20. The van der Waals surface area contributed by atoms with Gasteiger partial charge in [-0.2, -0.15) is 0 Å². The van der Waals surface area contributed by atoms with E-state index in [0.717, 1.165) is 0 Å². The lowest BCUT2D eigenvalue weighted by molar-refractivity contribution is -0.120. The molecule has 21 heavy (non-hydrogen) atoms. The average molecular weight is 299 g/mol. The first-order valence-electron chi connectivity index (χ1n) is 5.98. The van der Waals surface area contributed by atoms with E-state index in [-0.39, 0.29) is 42.6 Å². The normalized spacial score (nSPS) is 9.86. The van der Waals surface area contributed by atoms with E-state index in [9.17, 15) is 9.59 Å². The molecule has 0 saturated carbocycles. The topological polar surface area (TPSA) is 117 Å². The van der Waals surface area contributed by atoms with E-state index >= 15 is 0 Å². The summed E-state index contributed by atoms with van der Waals surface area (Å²) in [6.45, 7) is -0.760. The standard InChI is InChI=1S/C13H17NO7/c1-18-9-5-8(13(17)20-4-3-15)6-10(19-2)12(9)21-7-11(14)16/h5-6,15H,3-4,7H2,1-2H3,(H2,14,16). The van der Waals surface area contributed by atoms with E-state index in [0.29, 0.717) is 0 Å². The molecular weight excluding hydrogens is 282 g/mol. The van der Waals surface area contributed by atoms with Crippen molar-refractivity contribution in [3.63, 3.8) is 0 Å². The van der Waals surface area contributed by atoms with Gasteiger partial charge in [0, 0.05) is 0 Å². The van der Waals surface area contributed by atoms with Crippen LogP contribution < -0.4 is 19.9 Å². The molecule has 1 aromatic carbocycles. The highest BCUT2D eigenvalue weighted by molar-refractivity contribution is 5.91. The second-order valence-electron chi connectivity index (χ2n) is 3.82. The van der Waals surface area contributed by atoms with Crippen LogP contribution in [0.15, 0.2) is 12.1 Å². The van der Waals surface area contributed by atoms with Crippen LogP contribution in [0.1, 0.15) is 10.4 Å².